The molecule has 0 bridgehead atoms. The number of halogens is 1. The summed E-state index contributed by atoms with van der Waals surface area (Å²) in [6.45, 7) is 0.308. The van der Waals surface area contributed by atoms with E-state index in [9.17, 15) is 8.42 Å². The molecule has 2 heterocycles. The zero-order valence-electron chi connectivity index (χ0n) is 11.8. The van der Waals surface area contributed by atoms with E-state index in [2.05, 4.69) is 30.8 Å². The topological polar surface area (TPSA) is 76.9 Å². The maximum Gasteiger partial charge on any atom is 0.250 e. The van der Waals surface area contributed by atoms with Crippen LogP contribution in [0.5, 0.6) is 0 Å². The van der Waals surface area contributed by atoms with Crippen LogP contribution in [0.2, 0.25) is 0 Å². The normalized spacial score (nSPS) is 13.1. The van der Waals surface area contributed by atoms with Gasteiger partial charge >= 0.3 is 0 Å². The predicted octanol–water partition coefficient (Wildman–Crippen LogP) is 2.82. The average Bonchev–Trinajstić information content (AvgIpc) is 3.19. The highest BCUT2D eigenvalue weighted by Crippen LogP contribution is 2.27. The van der Waals surface area contributed by atoms with Crippen molar-refractivity contribution in [3.05, 3.63) is 64.2 Å². The van der Waals surface area contributed by atoms with Crippen LogP contribution in [0.15, 0.2) is 62.9 Å². The quantitative estimate of drug-likeness (QED) is 0.674. The van der Waals surface area contributed by atoms with E-state index in [0.717, 1.165) is 9.35 Å². The molecule has 120 valence electrons. The molecule has 3 aromatic rings. The zero-order chi connectivity index (χ0) is 16.3. The fourth-order valence-electron chi connectivity index (χ4n) is 2.08. The first-order chi connectivity index (χ1) is 11.0. The van der Waals surface area contributed by atoms with Gasteiger partial charge in [-0.15, -0.1) is 11.3 Å². The number of nitrogens with one attached hydrogen (secondary N) is 1. The number of nitrogens with zero attached hydrogens (tertiary/aromatic N) is 3. The van der Waals surface area contributed by atoms with E-state index in [1.54, 1.807) is 24.5 Å². The van der Waals surface area contributed by atoms with Crippen molar-refractivity contribution >= 4 is 37.3 Å². The maximum absolute atomic E-state index is 12.6. The molecule has 0 aliphatic carbocycles. The Hall–Kier alpha value is -1.55. The minimum atomic E-state index is -3.62. The van der Waals surface area contributed by atoms with E-state index in [0.29, 0.717) is 6.54 Å². The SMILES string of the molecule is O=S(=O)(NC(Cn1nccn1)c1ccccc1)c1ccc(Br)s1. The molecule has 23 heavy (non-hydrogen) atoms. The largest absolute Gasteiger partial charge is 0.250 e. The van der Waals surface area contributed by atoms with Crippen LogP contribution in [-0.4, -0.2) is 23.4 Å². The number of rotatable bonds is 6. The Balaban J connectivity index is 1.89. The van der Waals surface area contributed by atoms with Gasteiger partial charge in [-0.1, -0.05) is 30.3 Å². The van der Waals surface area contributed by atoms with Crippen LogP contribution < -0.4 is 4.72 Å². The van der Waals surface area contributed by atoms with Gasteiger partial charge < -0.3 is 0 Å². The molecule has 1 aromatic carbocycles. The van der Waals surface area contributed by atoms with Gasteiger partial charge in [0.25, 0.3) is 10.0 Å². The first-order valence-electron chi connectivity index (χ1n) is 6.71. The Kier molecular flexibility index (Phi) is 4.90. The minimum Gasteiger partial charge on any atom is -0.206 e. The summed E-state index contributed by atoms with van der Waals surface area (Å²) in [6, 6.07) is 12.2. The Morgan fingerprint density at radius 2 is 1.83 bits per heavy atom. The summed E-state index contributed by atoms with van der Waals surface area (Å²) in [4.78, 5) is 1.46. The molecule has 3 rings (SSSR count). The zero-order valence-corrected chi connectivity index (χ0v) is 15.1. The number of hydrogen-bond donors (Lipinski definition) is 1. The van der Waals surface area contributed by atoms with Crippen molar-refractivity contribution < 1.29 is 8.42 Å². The summed E-state index contributed by atoms with van der Waals surface area (Å²) >= 11 is 4.45. The van der Waals surface area contributed by atoms with Crippen molar-refractivity contribution in [1.82, 2.24) is 19.7 Å². The molecule has 2 aromatic heterocycles. The third-order valence-corrected chi connectivity index (χ3v) is 6.71. The van der Waals surface area contributed by atoms with E-state index >= 15 is 0 Å². The van der Waals surface area contributed by atoms with Crippen LogP contribution >= 0.6 is 27.3 Å². The summed E-state index contributed by atoms with van der Waals surface area (Å²) in [6.07, 6.45) is 3.12. The molecule has 0 aliphatic rings. The molecule has 0 amide bonds. The molecule has 0 saturated carbocycles. The summed E-state index contributed by atoms with van der Waals surface area (Å²) in [5.41, 5.74) is 0.851. The molecule has 0 spiro atoms. The average molecular weight is 413 g/mol. The molecule has 6 nitrogen and oxygen atoms in total. The monoisotopic (exact) mass is 412 g/mol. The molecule has 1 atom stereocenters. The van der Waals surface area contributed by atoms with Gasteiger partial charge in [0.05, 0.1) is 28.8 Å². The summed E-state index contributed by atoms with van der Waals surface area (Å²) in [5, 5.41) is 8.11. The van der Waals surface area contributed by atoms with E-state index in [-0.39, 0.29) is 4.21 Å². The van der Waals surface area contributed by atoms with Crippen LogP contribution in [0.25, 0.3) is 0 Å². The third-order valence-electron chi connectivity index (χ3n) is 3.13. The van der Waals surface area contributed by atoms with Gasteiger partial charge in [-0.05, 0) is 33.6 Å². The Morgan fingerprint density at radius 3 is 2.43 bits per heavy atom. The number of aromatic nitrogens is 3. The van der Waals surface area contributed by atoms with E-state index in [4.69, 9.17) is 0 Å². The molecular weight excluding hydrogens is 400 g/mol. The molecule has 0 saturated heterocycles. The van der Waals surface area contributed by atoms with Crippen LogP contribution in [-0.2, 0) is 16.6 Å². The van der Waals surface area contributed by atoms with Crippen molar-refractivity contribution in [2.75, 3.05) is 0 Å². The Labute approximate surface area is 146 Å². The molecular formula is C14H13BrN4O2S2. The lowest BCUT2D eigenvalue weighted by atomic mass is 10.1. The van der Waals surface area contributed by atoms with Crippen LogP contribution in [0, 0.1) is 0 Å². The Morgan fingerprint density at radius 1 is 1.13 bits per heavy atom. The number of benzene rings is 1. The second kappa shape index (κ2) is 6.91. The number of thiophene rings is 1. The van der Waals surface area contributed by atoms with Crippen LogP contribution in [0.1, 0.15) is 11.6 Å². The lowest BCUT2D eigenvalue weighted by Crippen LogP contribution is -2.31. The van der Waals surface area contributed by atoms with Gasteiger partial charge in [-0.25, -0.2) is 13.1 Å². The molecule has 1 unspecified atom stereocenters. The fourth-order valence-corrected chi connectivity index (χ4v) is 5.33. The maximum atomic E-state index is 12.6. The highest BCUT2D eigenvalue weighted by molar-refractivity contribution is 9.11. The fraction of sp³-hybridized carbons (Fsp3) is 0.143. The third kappa shape index (κ3) is 4.05. The second-order valence-corrected chi connectivity index (χ2v) is 9.13. The number of sulfonamides is 1. The van der Waals surface area contributed by atoms with E-state index in [1.807, 2.05) is 30.3 Å². The number of hydrogen-bond acceptors (Lipinski definition) is 5. The molecule has 0 fully saturated rings. The predicted molar refractivity (Wildman–Crippen MR) is 91.5 cm³/mol. The van der Waals surface area contributed by atoms with Gasteiger partial charge in [0.1, 0.15) is 4.21 Å². The lowest BCUT2D eigenvalue weighted by Gasteiger charge is -2.18. The van der Waals surface area contributed by atoms with Gasteiger partial charge in [0.2, 0.25) is 0 Å². The van der Waals surface area contributed by atoms with Crippen molar-refractivity contribution in [3.63, 3.8) is 0 Å². The van der Waals surface area contributed by atoms with Crippen LogP contribution in [0.3, 0.4) is 0 Å². The summed E-state index contributed by atoms with van der Waals surface area (Å²) < 4.78 is 28.9. The Bertz CT molecular complexity index is 863. The van der Waals surface area contributed by atoms with Crippen molar-refractivity contribution in [3.8, 4) is 0 Å². The van der Waals surface area contributed by atoms with E-state index < -0.39 is 16.1 Å². The first kappa shape index (κ1) is 16.3. The van der Waals surface area contributed by atoms with Gasteiger partial charge in [-0.3, -0.25) is 0 Å². The van der Waals surface area contributed by atoms with Crippen molar-refractivity contribution in [2.24, 2.45) is 0 Å². The second-order valence-electron chi connectivity index (χ2n) is 4.73. The smallest absolute Gasteiger partial charge is 0.206 e. The van der Waals surface area contributed by atoms with Gasteiger partial charge in [0, 0.05) is 0 Å². The van der Waals surface area contributed by atoms with Crippen molar-refractivity contribution in [1.29, 1.82) is 0 Å². The van der Waals surface area contributed by atoms with E-state index in [1.165, 1.54) is 16.1 Å². The van der Waals surface area contributed by atoms with Crippen molar-refractivity contribution in [2.45, 2.75) is 16.8 Å². The van der Waals surface area contributed by atoms with Gasteiger partial charge in [0.15, 0.2) is 0 Å². The molecule has 0 aliphatic heterocycles. The lowest BCUT2D eigenvalue weighted by molar-refractivity contribution is 0.445. The van der Waals surface area contributed by atoms with Crippen LogP contribution in [0.4, 0.5) is 0 Å². The minimum absolute atomic E-state index is 0.263. The standard InChI is InChI=1S/C14H13BrN4O2S2/c15-13-6-7-14(22-13)23(20,21)18-12(10-19-16-8-9-17-19)11-4-2-1-3-5-11/h1-9,12,18H,10H2. The highest BCUT2D eigenvalue weighted by Gasteiger charge is 2.23. The highest BCUT2D eigenvalue weighted by atomic mass is 79.9. The summed E-state index contributed by atoms with van der Waals surface area (Å²) in [7, 11) is -3.62. The van der Waals surface area contributed by atoms with Gasteiger partial charge in [-0.2, -0.15) is 15.0 Å². The first-order valence-corrected chi connectivity index (χ1v) is 9.80. The molecule has 0 radical (unpaired) electrons. The summed E-state index contributed by atoms with van der Waals surface area (Å²) in [5.74, 6) is 0. The molecule has 1 N–H and O–H groups in total. The molecule has 9 heteroatoms.